The first-order valence-electron chi connectivity index (χ1n) is 6.09. The van der Waals surface area contributed by atoms with E-state index in [4.69, 9.17) is 4.74 Å². The Morgan fingerprint density at radius 1 is 1.30 bits per heavy atom. The highest BCUT2D eigenvalue weighted by molar-refractivity contribution is 8.01. The molecule has 108 valence electrons. The molecule has 1 heterocycles. The average molecular weight is 315 g/mol. The Hall–Kier alpha value is -0.950. The number of hydrogen-bond donors (Lipinski definition) is 1. The molecule has 6 heteroatoms. The zero-order valence-corrected chi connectivity index (χ0v) is 12.6. The van der Waals surface area contributed by atoms with Crippen LogP contribution in [0.1, 0.15) is 5.56 Å². The number of benzene rings is 1. The Labute approximate surface area is 125 Å². The molecule has 0 unspecified atom stereocenters. The summed E-state index contributed by atoms with van der Waals surface area (Å²) in [5, 5.41) is 4.94. The maximum Gasteiger partial charge on any atom is 0.140 e. The topological polar surface area (TPSA) is 21.3 Å². The summed E-state index contributed by atoms with van der Waals surface area (Å²) in [6.45, 7) is 1.63. The van der Waals surface area contributed by atoms with Crippen LogP contribution in [0.15, 0.2) is 38.8 Å². The monoisotopic (exact) mass is 315 g/mol. The lowest BCUT2D eigenvalue weighted by atomic mass is 10.2. The lowest BCUT2D eigenvalue weighted by Crippen LogP contribution is -2.18. The van der Waals surface area contributed by atoms with Crippen molar-refractivity contribution >= 4 is 23.1 Å². The van der Waals surface area contributed by atoms with Crippen molar-refractivity contribution in [1.82, 2.24) is 5.32 Å². The van der Waals surface area contributed by atoms with Gasteiger partial charge in [-0.15, -0.1) is 11.3 Å². The highest BCUT2D eigenvalue weighted by Crippen LogP contribution is 2.35. The van der Waals surface area contributed by atoms with Crippen LogP contribution in [0.4, 0.5) is 8.78 Å². The molecule has 0 aliphatic rings. The normalized spacial score (nSPS) is 10.9. The van der Waals surface area contributed by atoms with E-state index in [0.29, 0.717) is 25.3 Å². The maximum atomic E-state index is 14.0. The van der Waals surface area contributed by atoms with E-state index in [9.17, 15) is 8.78 Å². The third kappa shape index (κ3) is 4.28. The van der Waals surface area contributed by atoms with Crippen LogP contribution in [0.25, 0.3) is 0 Å². The molecule has 1 aromatic heterocycles. The summed E-state index contributed by atoms with van der Waals surface area (Å²) >= 11 is 2.58. The van der Waals surface area contributed by atoms with E-state index in [1.807, 2.05) is 17.5 Å². The van der Waals surface area contributed by atoms with E-state index in [1.165, 1.54) is 23.5 Å². The standard InChI is InChI=1S/C14H15F2NOS2/c1-18-5-4-17-9-10-7-11(15)14(12(16)8-10)20-13-3-2-6-19-13/h2-3,6-8,17H,4-5,9H2,1H3. The Morgan fingerprint density at radius 3 is 2.65 bits per heavy atom. The van der Waals surface area contributed by atoms with Crippen LogP contribution < -0.4 is 5.32 Å². The molecule has 0 spiro atoms. The fraction of sp³-hybridized carbons (Fsp3) is 0.286. The van der Waals surface area contributed by atoms with E-state index in [2.05, 4.69) is 5.32 Å². The van der Waals surface area contributed by atoms with Crippen LogP contribution in [0.2, 0.25) is 0 Å². The lowest BCUT2D eigenvalue weighted by Gasteiger charge is -2.08. The highest BCUT2D eigenvalue weighted by atomic mass is 32.2. The Bertz CT molecular complexity index is 523. The lowest BCUT2D eigenvalue weighted by molar-refractivity contribution is 0.199. The van der Waals surface area contributed by atoms with Crippen molar-refractivity contribution in [3.63, 3.8) is 0 Å². The minimum absolute atomic E-state index is 0.0492. The summed E-state index contributed by atoms with van der Waals surface area (Å²) in [5.74, 6) is -1.04. The number of ether oxygens (including phenoxy) is 1. The Kier molecular flexibility index (Phi) is 5.97. The predicted octanol–water partition coefficient (Wildman–Crippen LogP) is 3.91. The number of methoxy groups -OCH3 is 1. The SMILES string of the molecule is COCCNCc1cc(F)c(Sc2cccs2)c(F)c1. The van der Waals surface area contributed by atoms with Crippen LogP contribution in [0, 0.1) is 11.6 Å². The molecule has 0 radical (unpaired) electrons. The van der Waals surface area contributed by atoms with Crippen LogP contribution in [0.5, 0.6) is 0 Å². The molecular weight excluding hydrogens is 300 g/mol. The molecule has 0 saturated carbocycles. The van der Waals surface area contributed by atoms with E-state index >= 15 is 0 Å². The van der Waals surface area contributed by atoms with Gasteiger partial charge in [-0.05, 0) is 29.1 Å². The molecule has 1 aromatic carbocycles. The highest BCUT2D eigenvalue weighted by Gasteiger charge is 2.13. The van der Waals surface area contributed by atoms with Crippen molar-refractivity contribution in [3.05, 3.63) is 46.8 Å². The summed E-state index contributed by atoms with van der Waals surface area (Å²) in [7, 11) is 1.61. The van der Waals surface area contributed by atoms with E-state index < -0.39 is 11.6 Å². The molecule has 0 aliphatic heterocycles. The minimum atomic E-state index is -0.521. The van der Waals surface area contributed by atoms with Gasteiger partial charge in [0.2, 0.25) is 0 Å². The fourth-order valence-corrected chi connectivity index (χ4v) is 3.36. The van der Waals surface area contributed by atoms with Gasteiger partial charge in [-0.2, -0.15) is 0 Å². The van der Waals surface area contributed by atoms with E-state index in [0.717, 1.165) is 16.0 Å². The predicted molar refractivity (Wildman–Crippen MR) is 78.4 cm³/mol. The second kappa shape index (κ2) is 7.73. The zero-order chi connectivity index (χ0) is 14.4. The first-order valence-corrected chi connectivity index (χ1v) is 7.79. The molecule has 20 heavy (non-hydrogen) atoms. The minimum Gasteiger partial charge on any atom is -0.383 e. The Balaban J connectivity index is 2.04. The Morgan fingerprint density at radius 2 is 2.05 bits per heavy atom. The van der Waals surface area contributed by atoms with Crippen molar-refractivity contribution in [1.29, 1.82) is 0 Å². The van der Waals surface area contributed by atoms with Crippen molar-refractivity contribution in [2.75, 3.05) is 20.3 Å². The quantitative estimate of drug-likeness (QED) is 0.783. The van der Waals surface area contributed by atoms with Crippen molar-refractivity contribution in [3.8, 4) is 0 Å². The molecule has 2 aromatic rings. The van der Waals surface area contributed by atoms with Crippen LogP contribution in [-0.2, 0) is 11.3 Å². The molecule has 0 bridgehead atoms. The molecule has 0 saturated heterocycles. The van der Waals surface area contributed by atoms with Crippen molar-refractivity contribution in [2.24, 2.45) is 0 Å². The summed E-state index contributed by atoms with van der Waals surface area (Å²) in [6, 6.07) is 6.45. The molecule has 2 nitrogen and oxygen atoms in total. The van der Waals surface area contributed by atoms with Gasteiger partial charge in [0, 0.05) is 20.2 Å². The molecule has 1 N–H and O–H groups in total. The molecule has 0 amide bonds. The van der Waals surface area contributed by atoms with Crippen LogP contribution in [0.3, 0.4) is 0 Å². The summed E-state index contributed by atoms with van der Waals surface area (Å²) in [4.78, 5) is 0.0492. The molecule has 0 fully saturated rings. The van der Waals surface area contributed by atoms with Gasteiger partial charge < -0.3 is 10.1 Å². The van der Waals surface area contributed by atoms with Gasteiger partial charge in [0.25, 0.3) is 0 Å². The van der Waals surface area contributed by atoms with Gasteiger partial charge in [-0.25, -0.2) is 8.78 Å². The van der Waals surface area contributed by atoms with Gasteiger partial charge >= 0.3 is 0 Å². The second-order valence-corrected chi connectivity index (χ2v) is 6.35. The molecule has 2 rings (SSSR count). The third-order valence-electron chi connectivity index (χ3n) is 2.57. The largest absolute Gasteiger partial charge is 0.383 e. The van der Waals surface area contributed by atoms with E-state index in [-0.39, 0.29) is 4.90 Å². The number of nitrogens with one attached hydrogen (secondary N) is 1. The molecule has 0 aliphatic carbocycles. The number of rotatable bonds is 7. The third-order valence-corrected chi connectivity index (χ3v) is 4.70. The van der Waals surface area contributed by atoms with Crippen LogP contribution in [-0.4, -0.2) is 20.3 Å². The van der Waals surface area contributed by atoms with Gasteiger partial charge in [-0.3, -0.25) is 0 Å². The average Bonchev–Trinajstić information content (AvgIpc) is 2.92. The summed E-state index contributed by atoms with van der Waals surface area (Å²) < 4.78 is 33.7. The number of halogens is 2. The second-order valence-electron chi connectivity index (χ2n) is 4.09. The first-order chi connectivity index (χ1) is 9.70. The molecular formula is C14H15F2NOS2. The molecule has 0 atom stereocenters. The van der Waals surface area contributed by atoms with Crippen molar-refractivity contribution in [2.45, 2.75) is 15.6 Å². The number of hydrogen-bond acceptors (Lipinski definition) is 4. The van der Waals surface area contributed by atoms with Gasteiger partial charge in [-0.1, -0.05) is 17.8 Å². The zero-order valence-electron chi connectivity index (χ0n) is 11.0. The van der Waals surface area contributed by atoms with Crippen LogP contribution >= 0.6 is 23.1 Å². The van der Waals surface area contributed by atoms with Gasteiger partial charge in [0.15, 0.2) is 0 Å². The summed E-state index contributed by atoms with van der Waals surface area (Å²) in [6.07, 6.45) is 0. The van der Waals surface area contributed by atoms with E-state index in [1.54, 1.807) is 7.11 Å². The maximum absolute atomic E-state index is 14.0. The van der Waals surface area contributed by atoms with Gasteiger partial charge in [0.05, 0.1) is 15.7 Å². The first kappa shape index (κ1) is 15.4. The smallest absolute Gasteiger partial charge is 0.140 e. The van der Waals surface area contributed by atoms with Gasteiger partial charge in [0.1, 0.15) is 11.6 Å². The summed E-state index contributed by atoms with van der Waals surface area (Å²) in [5.41, 5.74) is 0.589. The number of thiophene rings is 1. The van der Waals surface area contributed by atoms with Crippen molar-refractivity contribution < 1.29 is 13.5 Å². The fourth-order valence-electron chi connectivity index (χ4n) is 1.64.